The normalized spacial score (nSPS) is 27.0. The van der Waals surface area contributed by atoms with E-state index in [4.69, 9.17) is 4.98 Å². The van der Waals surface area contributed by atoms with Gasteiger partial charge in [-0.2, -0.15) is 0 Å². The van der Waals surface area contributed by atoms with Crippen LogP contribution in [0, 0.1) is 24.6 Å². The van der Waals surface area contributed by atoms with E-state index in [9.17, 15) is 4.39 Å². The van der Waals surface area contributed by atoms with Gasteiger partial charge < -0.3 is 4.90 Å². The number of benzene rings is 1. The number of hydrogen-bond donors (Lipinski definition) is 0. The molecule has 3 saturated heterocycles. The van der Waals surface area contributed by atoms with Gasteiger partial charge in [0.25, 0.3) is 0 Å². The van der Waals surface area contributed by atoms with E-state index in [0.29, 0.717) is 6.04 Å². The van der Waals surface area contributed by atoms with Crippen molar-refractivity contribution in [1.29, 1.82) is 0 Å². The Morgan fingerprint density at radius 1 is 1.08 bits per heavy atom. The molecule has 6 rings (SSSR count). The van der Waals surface area contributed by atoms with Crippen molar-refractivity contribution in [1.82, 2.24) is 9.88 Å². The summed E-state index contributed by atoms with van der Waals surface area (Å²) in [6.45, 7) is 6.83. The number of pyridine rings is 1. The van der Waals surface area contributed by atoms with Gasteiger partial charge in [0.2, 0.25) is 0 Å². The molecule has 3 nitrogen and oxygen atoms in total. The van der Waals surface area contributed by atoms with Crippen molar-refractivity contribution in [2.24, 2.45) is 11.8 Å². The van der Waals surface area contributed by atoms with Gasteiger partial charge in [-0.3, -0.25) is 4.90 Å². The Balaban J connectivity index is 1.45. The SMILES string of the molecule is Cc1cc(N2C[C@@H]3CC[C@H](C2)N(CC2CC2)C3)nc2ccc(F)cc12. The predicted octanol–water partition coefficient (Wildman–Crippen LogP) is 3.99. The molecule has 0 radical (unpaired) electrons. The fourth-order valence-electron chi connectivity index (χ4n) is 4.73. The highest BCUT2D eigenvalue weighted by Crippen LogP contribution is 2.36. The molecule has 3 aliphatic heterocycles. The first kappa shape index (κ1) is 15.6. The monoisotopic (exact) mass is 339 g/mol. The van der Waals surface area contributed by atoms with Crippen LogP contribution in [0.4, 0.5) is 10.2 Å². The number of aryl methyl sites for hydroxylation is 1. The molecule has 1 aromatic carbocycles. The summed E-state index contributed by atoms with van der Waals surface area (Å²) in [5, 5.41) is 0.928. The van der Waals surface area contributed by atoms with Crippen LogP contribution in [-0.4, -0.2) is 42.1 Å². The average Bonchev–Trinajstić information content (AvgIpc) is 3.43. The minimum Gasteiger partial charge on any atom is -0.355 e. The van der Waals surface area contributed by atoms with Gasteiger partial charge in [-0.1, -0.05) is 0 Å². The lowest BCUT2D eigenvalue weighted by Gasteiger charge is -2.36. The lowest BCUT2D eigenvalue weighted by Crippen LogP contribution is -2.44. The van der Waals surface area contributed by atoms with Crippen LogP contribution < -0.4 is 4.90 Å². The third kappa shape index (κ3) is 3.01. The third-order valence-corrected chi connectivity index (χ3v) is 6.30. The van der Waals surface area contributed by atoms with Crippen molar-refractivity contribution >= 4 is 16.7 Å². The molecule has 1 aromatic heterocycles. The highest BCUT2D eigenvalue weighted by Gasteiger charge is 2.37. The van der Waals surface area contributed by atoms with E-state index in [0.717, 1.165) is 47.2 Å². The van der Waals surface area contributed by atoms with Crippen LogP contribution in [0.2, 0.25) is 0 Å². The van der Waals surface area contributed by atoms with Crippen LogP contribution in [0.15, 0.2) is 24.3 Å². The number of aromatic nitrogens is 1. The summed E-state index contributed by atoms with van der Waals surface area (Å²) in [5.74, 6) is 2.60. The van der Waals surface area contributed by atoms with Gasteiger partial charge in [0.05, 0.1) is 5.52 Å². The minimum absolute atomic E-state index is 0.186. The number of rotatable bonds is 3. The average molecular weight is 339 g/mol. The van der Waals surface area contributed by atoms with Crippen molar-refractivity contribution in [3.8, 4) is 0 Å². The highest BCUT2D eigenvalue weighted by molar-refractivity contribution is 5.84. The van der Waals surface area contributed by atoms with Crippen LogP contribution in [0.3, 0.4) is 0 Å². The van der Waals surface area contributed by atoms with Gasteiger partial charge >= 0.3 is 0 Å². The molecular formula is C21H26FN3. The van der Waals surface area contributed by atoms with Gasteiger partial charge in [-0.25, -0.2) is 9.37 Å². The first-order valence-electron chi connectivity index (χ1n) is 9.71. The maximum atomic E-state index is 13.5. The summed E-state index contributed by atoms with van der Waals surface area (Å²) in [6.07, 6.45) is 5.53. The Labute approximate surface area is 148 Å². The largest absolute Gasteiger partial charge is 0.355 e. The second-order valence-corrected chi connectivity index (χ2v) is 8.36. The molecule has 132 valence electrons. The van der Waals surface area contributed by atoms with Crippen molar-refractivity contribution in [2.75, 3.05) is 31.1 Å². The molecule has 0 N–H and O–H groups in total. The smallest absolute Gasteiger partial charge is 0.129 e. The molecule has 1 saturated carbocycles. The van der Waals surface area contributed by atoms with Crippen LogP contribution >= 0.6 is 0 Å². The summed E-state index contributed by atoms with van der Waals surface area (Å²) < 4.78 is 13.5. The quantitative estimate of drug-likeness (QED) is 0.843. The third-order valence-electron chi connectivity index (χ3n) is 6.30. The van der Waals surface area contributed by atoms with Crippen LogP contribution in [0.5, 0.6) is 0 Å². The first-order chi connectivity index (χ1) is 12.2. The molecule has 2 bridgehead atoms. The lowest BCUT2D eigenvalue weighted by atomic mass is 9.95. The summed E-state index contributed by atoms with van der Waals surface area (Å²) >= 11 is 0. The van der Waals surface area contributed by atoms with Gasteiger partial charge in [0, 0.05) is 37.6 Å². The maximum absolute atomic E-state index is 13.5. The molecule has 0 amide bonds. The number of nitrogens with zero attached hydrogens (tertiary/aromatic N) is 3. The summed E-state index contributed by atoms with van der Waals surface area (Å²) in [4.78, 5) is 10.1. The first-order valence-corrected chi connectivity index (χ1v) is 9.71. The lowest BCUT2D eigenvalue weighted by molar-refractivity contribution is 0.128. The highest BCUT2D eigenvalue weighted by atomic mass is 19.1. The molecular weight excluding hydrogens is 313 g/mol. The Bertz CT molecular complexity index is 801. The summed E-state index contributed by atoms with van der Waals surface area (Å²) in [5.41, 5.74) is 2.02. The Morgan fingerprint density at radius 2 is 1.96 bits per heavy atom. The molecule has 4 fully saturated rings. The fraction of sp³-hybridized carbons (Fsp3) is 0.571. The number of anilines is 1. The van der Waals surface area contributed by atoms with Crippen molar-refractivity contribution in [2.45, 2.75) is 38.6 Å². The topological polar surface area (TPSA) is 19.4 Å². The molecule has 1 aliphatic carbocycles. The van der Waals surface area contributed by atoms with Gasteiger partial charge in [-0.05, 0) is 74.3 Å². The van der Waals surface area contributed by atoms with E-state index in [1.54, 1.807) is 6.07 Å². The Kier molecular flexibility index (Phi) is 3.70. The summed E-state index contributed by atoms with van der Waals surface area (Å²) in [6, 6.07) is 7.75. The maximum Gasteiger partial charge on any atom is 0.129 e. The van der Waals surface area contributed by atoms with Gasteiger partial charge in [0.1, 0.15) is 11.6 Å². The van der Waals surface area contributed by atoms with E-state index in [1.807, 2.05) is 6.07 Å². The second kappa shape index (κ2) is 5.94. The number of hydrogen-bond acceptors (Lipinski definition) is 3. The van der Waals surface area contributed by atoms with E-state index in [1.165, 1.54) is 44.8 Å². The molecule has 2 aromatic rings. The number of fused-ring (bicyclic) bond motifs is 5. The van der Waals surface area contributed by atoms with Gasteiger partial charge in [-0.15, -0.1) is 0 Å². The van der Waals surface area contributed by atoms with Crippen LogP contribution in [0.1, 0.15) is 31.2 Å². The Hall–Kier alpha value is -1.68. The zero-order valence-electron chi connectivity index (χ0n) is 14.9. The van der Waals surface area contributed by atoms with E-state index >= 15 is 0 Å². The molecule has 4 aliphatic rings. The zero-order chi connectivity index (χ0) is 17.0. The molecule has 0 unspecified atom stereocenters. The fourth-order valence-corrected chi connectivity index (χ4v) is 4.73. The second-order valence-electron chi connectivity index (χ2n) is 8.36. The van der Waals surface area contributed by atoms with Crippen molar-refractivity contribution in [3.63, 3.8) is 0 Å². The predicted molar refractivity (Wildman–Crippen MR) is 99.5 cm³/mol. The molecule has 2 atom stereocenters. The molecule has 4 heteroatoms. The van der Waals surface area contributed by atoms with E-state index in [2.05, 4.69) is 22.8 Å². The zero-order valence-corrected chi connectivity index (χ0v) is 14.9. The molecule has 0 spiro atoms. The molecule has 4 heterocycles. The number of halogens is 1. The molecule has 25 heavy (non-hydrogen) atoms. The van der Waals surface area contributed by atoms with Crippen LogP contribution in [0.25, 0.3) is 10.9 Å². The summed E-state index contributed by atoms with van der Waals surface area (Å²) in [7, 11) is 0. The number of piperidine rings is 1. The minimum atomic E-state index is -0.186. The van der Waals surface area contributed by atoms with E-state index < -0.39 is 0 Å². The van der Waals surface area contributed by atoms with E-state index in [-0.39, 0.29) is 5.82 Å². The standard InChI is InChI=1S/C21H26FN3/c1-14-8-21(23-20-7-5-17(22)9-19(14)20)25-12-16-4-6-18(13-25)24(11-16)10-15-2-3-15/h5,7-9,15-16,18H,2-4,6,10-13H2,1H3/t16-,18-/m1/s1. The van der Waals surface area contributed by atoms with Crippen LogP contribution in [-0.2, 0) is 0 Å². The Morgan fingerprint density at radius 3 is 2.80 bits per heavy atom. The van der Waals surface area contributed by atoms with Crippen molar-refractivity contribution < 1.29 is 4.39 Å². The van der Waals surface area contributed by atoms with Crippen molar-refractivity contribution in [3.05, 3.63) is 35.6 Å². The van der Waals surface area contributed by atoms with Gasteiger partial charge in [0.15, 0.2) is 0 Å².